The second-order valence-corrected chi connectivity index (χ2v) is 11.3. The number of urea groups is 1. The van der Waals surface area contributed by atoms with Crippen molar-refractivity contribution in [1.82, 2.24) is 14.7 Å². The van der Waals surface area contributed by atoms with E-state index in [1.165, 1.54) is 5.56 Å². The molecule has 2 aliphatic heterocycles. The van der Waals surface area contributed by atoms with Crippen LogP contribution < -0.4 is 0 Å². The van der Waals surface area contributed by atoms with E-state index in [0.717, 1.165) is 25.9 Å². The van der Waals surface area contributed by atoms with Gasteiger partial charge < -0.3 is 24.4 Å². The molecule has 2 heterocycles. The summed E-state index contributed by atoms with van der Waals surface area (Å²) in [6, 6.07) is 9.57. The summed E-state index contributed by atoms with van der Waals surface area (Å²) >= 11 is 0. The van der Waals surface area contributed by atoms with E-state index in [0.29, 0.717) is 26.2 Å². The fraction of sp³-hybridized carbons (Fsp3) is 0.680. The van der Waals surface area contributed by atoms with Gasteiger partial charge in [-0.2, -0.15) is 0 Å². The van der Waals surface area contributed by atoms with Gasteiger partial charge in [0.25, 0.3) is 0 Å². The molecule has 0 spiro atoms. The molecule has 3 aliphatic carbocycles. The second kappa shape index (κ2) is 7.87. The molecule has 0 radical (unpaired) electrons. The van der Waals surface area contributed by atoms with E-state index in [1.54, 1.807) is 4.90 Å². The summed E-state index contributed by atoms with van der Waals surface area (Å²) in [5.41, 5.74) is 0.683. The van der Waals surface area contributed by atoms with Gasteiger partial charge >= 0.3 is 12.1 Å². The summed E-state index contributed by atoms with van der Waals surface area (Å²) in [7, 11) is 0. The van der Waals surface area contributed by atoms with E-state index < -0.39 is 17.7 Å². The number of amides is 3. The molecule has 8 heteroatoms. The van der Waals surface area contributed by atoms with E-state index in [9.17, 15) is 14.7 Å². The number of carbonyl (C=O) groups excluding carboxylic acids is 2. The van der Waals surface area contributed by atoms with Gasteiger partial charge in [0.15, 0.2) is 0 Å². The van der Waals surface area contributed by atoms with Crippen LogP contribution in [0.2, 0.25) is 0 Å². The third-order valence-electron chi connectivity index (χ3n) is 7.69. The number of hydrogen-bond acceptors (Lipinski definition) is 5. The minimum absolute atomic E-state index is 0.0424. The SMILES string of the molecule is CC(C)(C)OC(=O)N1CCN2C(=O)N(C34CC(COCc5ccccc5)(C3)C4)C[C@@H]2[C@H]1CO. The Hall–Kier alpha value is -2.32. The molecular formula is C25H35N3O5. The van der Waals surface area contributed by atoms with Crippen LogP contribution in [0, 0.1) is 5.41 Å². The maximum absolute atomic E-state index is 13.3. The maximum Gasteiger partial charge on any atom is 0.410 e. The lowest BCUT2D eigenvalue weighted by molar-refractivity contribution is -0.227. The predicted octanol–water partition coefficient (Wildman–Crippen LogP) is 2.84. The lowest BCUT2D eigenvalue weighted by Crippen LogP contribution is -2.76. The topological polar surface area (TPSA) is 82.6 Å². The molecule has 5 fully saturated rings. The van der Waals surface area contributed by atoms with Crippen molar-refractivity contribution in [1.29, 1.82) is 0 Å². The van der Waals surface area contributed by atoms with Gasteiger partial charge in [-0.3, -0.25) is 4.90 Å². The highest BCUT2D eigenvalue weighted by molar-refractivity contribution is 5.80. The molecule has 3 amide bonds. The number of nitrogens with zero attached hydrogens (tertiary/aromatic N) is 3. The van der Waals surface area contributed by atoms with Gasteiger partial charge in [0.2, 0.25) is 0 Å². The fourth-order valence-electron chi connectivity index (χ4n) is 6.34. The largest absolute Gasteiger partial charge is 0.444 e. The Morgan fingerprint density at radius 1 is 1.15 bits per heavy atom. The van der Waals surface area contributed by atoms with Crippen molar-refractivity contribution < 1.29 is 24.2 Å². The third kappa shape index (κ3) is 3.87. The molecule has 2 atom stereocenters. The summed E-state index contributed by atoms with van der Waals surface area (Å²) < 4.78 is 11.5. The van der Waals surface area contributed by atoms with Gasteiger partial charge in [-0.15, -0.1) is 0 Å². The number of hydrogen-bond donors (Lipinski definition) is 1. The van der Waals surface area contributed by atoms with E-state index in [-0.39, 0.29) is 29.6 Å². The first-order chi connectivity index (χ1) is 15.7. The zero-order valence-corrected chi connectivity index (χ0v) is 19.8. The Bertz CT molecular complexity index is 895. The standard InChI is InChI=1S/C25H35N3O5/c1-23(2,3)33-22(31)27-10-9-26-19(20(27)12-29)11-28(21(26)30)25-14-24(15-25,16-25)17-32-13-18-7-5-4-6-8-18/h4-8,19-20,29H,9-17H2,1-3H3/t19-,20-,24?,25?/m1/s1. The Balaban J connectivity index is 1.18. The number of aliphatic hydroxyl groups is 1. The van der Waals surface area contributed by atoms with Crippen molar-refractivity contribution in [3.63, 3.8) is 0 Å². The quantitative estimate of drug-likeness (QED) is 0.710. The van der Waals surface area contributed by atoms with Crippen LogP contribution in [-0.4, -0.2) is 88.0 Å². The molecule has 0 aromatic heterocycles. The number of rotatable bonds is 6. The molecule has 1 N–H and O–H groups in total. The molecule has 0 unspecified atom stereocenters. The highest BCUT2D eigenvalue weighted by Crippen LogP contribution is 2.70. The minimum Gasteiger partial charge on any atom is -0.444 e. The van der Waals surface area contributed by atoms with Crippen molar-refractivity contribution >= 4 is 12.1 Å². The first-order valence-corrected chi connectivity index (χ1v) is 12.0. The van der Waals surface area contributed by atoms with E-state index >= 15 is 0 Å². The Morgan fingerprint density at radius 3 is 2.48 bits per heavy atom. The number of fused-ring (bicyclic) bond motifs is 1. The lowest BCUT2D eigenvalue weighted by Gasteiger charge is -2.73. The van der Waals surface area contributed by atoms with Crippen molar-refractivity contribution in [2.45, 2.75) is 69.9 Å². The van der Waals surface area contributed by atoms with Gasteiger partial charge in [0.1, 0.15) is 5.60 Å². The smallest absolute Gasteiger partial charge is 0.410 e. The first-order valence-electron chi connectivity index (χ1n) is 12.0. The van der Waals surface area contributed by atoms with Crippen molar-refractivity contribution in [2.24, 2.45) is 5.41 Å². The Labute approximate surface area is 195 Å². The molecule has 33 heavy (non-hydrogen) atoms. The summed E-state index contributed by atoms with van der Waals surface area (Å²) in [5, 5.41) is 10.1. The molecular weight excluding hydrogens is 422 g/mol. The number of carbonyl (C=O) groups is 2. The average molecular weight is 458 g/mol. The van der Waals surface area contributed by atoms with Crippen LogP contribution in [0.3, 0.4) is 0 Å². The molecule has 6 rings (SSSR count). The van der Waals surface area contributed by atoms with Crippen LogP contribution in [0.5, 0.6) is 0 Å². The average Bonchev–Trinajstić information content (AvgIpc) is 3.04. The number of ether oxygens (including phenoxy) is 2. The molecule has 1 aromatic carbocycles. The minimum atomic E-state index is -0.603. The van der Waals surface area contributed by atoms with E-state index in [4.69, 9.17) is 9.47 Å². The molecule has 180 valence electrons. The van der Waals surface area contributed by atoms with Crippen LogP contribution >= 0.6 is 0 Å². The predicted molar refractivity (Wildman–Crippen MR) is 122 cm³/mol. The summed E-state index contributed by atoms with van der Waals surface area (Å²) in [6.07, 6.45) is 2.49. The van der Waals surface area contributed by atoms with Crippen LogP contribution in [-0.2, 0) is 16.1 Å². The third-order valence-corrected chi connectivity index (χ3v) is 7.69. The van der Waals surface area contributed by atoms with Gasteiger partial charge in [0.05, 0.1) is 31.9 Å². The summed E-state index contributed by atoms with van der Waals surface area (Å²) in [4.78, 5) is 31.5. The van der Waals surface area contributed by atoms with Crippen LogP contribution in [0.1, 0.15) is 45.6 Å². The summed E-state index contributed by atoms with van der Waals surface area (Å²) in [5.74, 6) is 0. The van der Waals surface area contributed by atoms with Gasteiger partial charge in [0, 0.05) is 30.6 Å². The fourth-order valence-corrected chi connectivity index (χ4v) is 6.34. The Kier molecular flexibility index (Phi) is 5.36. The molecule has 8 nitrogen and oxygen atoms in total. The van der Waals surface area contributed by atoms with Gasteiger partial charge in [-0.25, -0.2) is 9.59 Å². The number of aliphatic hydroxyl groups excluding tert-OH is 1. The normalized spacial score (nSPS) is 32.8. The molecule has 5 aliphatic rings. The maximum atomic E-state index is 13.3. The lowest BCUT2D eigenvalue weighted by atomic mass is 9.39. The molecule has 2 saturated heterocycles. The van der Waals surface area contributed by atoms with Crippen molar-refractivity contribution in [3.8, 4) is 0 Å². The van der Waals surface area contributed by atoms with Crippen LogP contribution in [0.15, 0.2) is 30.3 Å². The highest BCUT2D eigenvalue weighted by Gasteiger charge is 2.72. The van der Waals surface area contributed by atoms with Gasteiger partial charge in [-0.1, -0.05) is 30.3 Å². The van der Waals surface area contributed by atoms with Crippen LogP contribution in [0.4, 0.5) is 9.59 Å². The zero-order chi connectivity index (χ0) is 23.4. The number of piperazine rings is 1. The zero-order valence-electron chi connectivity index (χ0n) is 19.8. The van der Waals surface area contributed by atoms with Crippen molar-refractivity contribution in [3.05, 3.63) is 35.9 Å². The monoisotopic (exact) mass is 457 g/mol. The molecule has 3 saturated carbocycles. The molecule has 2 bridgehead atoms. The van der Waals surface area contributed by atoms with Gasteiger partial charge in [-0.05, 0) is 45.6 Å². The molecule has 1 aromatic rings. The second-order valence-electron chi connectivity index (χ2n) is 11.3. The van der Waals surface area contributed by atoms with E-state index in [2.05, 4.69) is 12.1 Å². The van der Waals surface area contributed by atoms with E-state index in [1.807, 2.05) is 48.8 Å². The van der Waals surface area contributed by atoms with Crippen molar-refractivity contribution in [2.75, 3.05) is 32.8 Å². The van der Waals surface area contributed by atoms with Crippen LogP contribution in [0.25, 0.3) is 0 Å². The first kappa shape index (κ1) is 22.5. The Morgan fingerprint density at radius 2 is 1.85 bits per heavy atom. The highest BCUT2D eigenvalue weighted by atomic mass is 16.6. The number of benzene rings is 1. The summed E-state index contributed by atoms with van der Waals surface area (Å²) in [6.45, 7) is 8.04.